The summed E-state index contributed by atoms with van der Waals surface area (Å²) in [6.45, 7) is 0. The molecule has 0 unspecified atom stereocenters. The molecule has 6 heteroatoms. The fourth-order valence-electron chi connectivity index (χ4n) is 0.672. The summed E-state index contributed by atoms with van der Waals surface area (Å²) in [6.07, 6.45) is 0. The van der Waals surface area contributed by atoms with E-state index >= 15 is 0 Å². The third-order valence-corrected chi connectivity index (χ3v) is 1.78. The molecule has 0 aliphatic heterocycles. The Morgan fingerprint density at radius 2 is 2.08 bits per heavy atom. The fraction of sp³-hybridized carbons (Fsp3) is 0. The van der Waals surface area contributed by atoms with Crippen LogP contribution in [0.25, 0.3) is 0 Å². The highest BCUT2D eigenvalue weighted by atomic mass is 79.9. The van der Waals surface area contributed by atoms with Crippen molar-refractivity contribution in [2.75, 3.05) is 0 Å². The first-order valence-corrected chi connectivity index (χ1v) is 3.87. The first kappa shape index (κ1) is 9.50. The van der Waals surface area contributed by atoms with E-state index in [2.05, 4.69) is 20.6 Å². The molecule has 0 aromatic heterocycles. The Bertz CT molecular complexity index is 281. The minimum atomic E-state index is -1.93. The minimum absolute atomic E-state index is 0.0608. The molecule has 0 amide bonds. The smallest absolute Gasteiger partial charge is 0.512 e. The van der Waals surface area contributed by atoms with Gasteiger partial charge in [0.15, 0.2) is 0 Å². The van der Waals surface area contributed by atoms with E-state index in [0.29, 0.717) is 4.47 Å². The zero-order valence-corrected chi connectivity index (χ0v) is 7.45. The molecule has 3 nitrogen and oxygen atoms in total. The van der Waals surface area contributed by atoms with Gasteiger partial charge in [0.1, 0.15) is 11.6 Å². The largest absolute Gasteiger partial charge is 0.707 e. The first-order valence-electron chi connectivity index (χ1n) is 3.07. The zero-order valence-electron chi connectivity index (χ0n) is 5.87. The second-order valence-electron chi connectivity index (χ2n) is 2.02. The normalized spacial score (nSPS) is 9.67. The van der Waals surface area contributed by atoms with Crippen molar-refractivity contribution in [3.8, 4) is 5.75 Å². The monoisotopic (exact) mass is 234 g/mol. The molecule has 0 atom stereocenters. The third kappa shape index (κ3) is 2.47. The summed E-state index contributed by atoms with van der Waals surface area (Å²) in [5.41, 5.74) is 0. The van der Waals surface area contributed by atoms with Crippen molar-refractivity contribution in [1.29, 1.82) is 0 Å². The molecule has 0 aliphatic rings. The zero-order chi connectivity index (χ0) is 9.14. The van der Waals surface area contributed by atoms with Crippen molar-refractivity contribution in [3.63, 3.8) is 0 Å². The van der Waals surface area contributed by atoms with E-state index in [1.54, 1.807) is 0 Å². The molecule has 0 fully saturated rings. The second kappa shape index (κ2) is 3.89. The lowest BCUT2D eigenvalue weighted by atomic mass is 10.2. The maximum atomic E-state index is 12.7. The molecule has 12 heavy (non-hydrogen) atoms. The lowest BCUT2D eigenvalue weighted by Crippen LogP contribution is -2.20. The Balaban J connectivity index is 2.82. The molecular weight excluding hydrogens is 230 g/mol. The highest BCUT2D eigenvalue weighted by Gasteiger charge is 2.11. The van der Waals surface area contributed by atoms with Crippen molar-refractivity contribution < 1.29 is 19.1 Å². The van der Waals surface area contributed by atoms with Crippen LogP contribution in [0, 0.1) is 5.82 Å². The summed E-state index contributed by atoms with van der Waals surface area (Å²) < 4.78 is 17.4. The van der Waals surface area contributed by atoms with Gasteiger partial charge in [-0.2, -0.15) is 0 Å². The van der Waals surface area contributed by atoms with Crippen LogP contribution in [0.4, 0.5) is 4.39 Å². The van der Waals surface area contributed by atoms with Crippen LogP contribution >= 0.6 is 15.9 Å². The fourth-order valence-corrected chi connectivity index (χ4v) is 0.919. The maximum absolute atomic E-state index is 12.7. The molecule has 1 aromatic carbocycles. The second-order valence-corrected chi connectivity index (χ2v) is 2.87. The number of rotatable bonds is 2. The van der Waals surface area contributed by atoms with E-state index in [4.69, 9.17) is 10.0 Å². The van der Waals surface area contributed by atoms with Gasteiger partial charge in [-0.25, -0.2) is 4.39 Å². The van der Waals surface area contributed by atoms with Crippen LogP contribution in [-0.2, 0) is 0 Å². The van der Waals surface area contributed by atoms with E-state index in [-0.39, 0.29) is 5.75 Å². The molecule has 0 aliphatic carbocycles. The van der Waals surface area contributed by atoms with Gasteiger partial charge in [-0.15, -0.1) is 0 Å². The van der Waals surface area contributed by atoms with Gasteiger partial charge in [-0.05, 0) is 28.1 Å². The van der Waals surface area contributed by atoms with Crippen molar-refractivity contribution in [1.82, 2.24) is 0 Å². The van der Waals surface area contributed by atoms with Gasteiger partial charge in [-0.1, -0.05) is 0 Å². The summed E-state index contributed by atoms with van der Waals surface area (Å²) >= 11 is 2.94. The number of halogens is 2. The predicted molar refractivity (Wildman–Crippen MR) is 44.9 cm³/mol. The summed E-state index contributed by atoms with van der Waals surface area (Å²) in [5.74, 6) is -0.459. The molecule has 0 saturated heterocycles. The molecule has 2 N–H and O–H groups in total. The predicted octanol–water partition coefficient (Wildman–Crippen LogP) is 0.936. The summed E-state index contributed by atoms with van der Waals surface area (Å²) in [4.78, 5) is 0. The highest BCUT2D eigenvalue weighted by molar-refractivity contribution is 9.10. The Kier molecular flexibility index (Phi) is 3.08. The van der Waals surface area contributed by atoms with Gasteiger partial charge in [0, 0.05) is 6.07 Å². The Hall–Kier alpha value is -0.585. The molecule has 64 valence electrons. The molecule has 0 radical (unpaired) electrons. The number of benzene rings is 1. The summed E-state index contributed by atoms with van der Waals surface area (Å²) in [5, 5.41) is 16.7. The van der Waals surface area contributed by atoms with Crippen molar-refractivity contribution in [2.45, 2.75) is 0 Å². The van der Waals surface area contributed by atoms with E-state index < -0.39 is 13.1 Å². The van der Waals surface area contributed by atoms with Gasteiger partial charge in [-0.3, -0.25) is 0 Å². The topological polar surface area (TPSA) is 49.7 Å². The van der Waals surface area contributed by atoms with Gasteiger partial charge < -0.3 is 14.7 Å². The molecule has 0 bridgehead atoms. The molecule has 1 rings (SSSR count). The average molecular weight is 235 g/mol. The van der Waals surface area contributed by atoms with Crippen LogP contribution in [0.5, 0.6) is 5.75 Å². The minimum Gasteiger partial charge on any atom is -0.512 e. The quantitative estimate of drug-likeness (QED) is 0.749. The van der Waals surface area contributed by atoms with Crippen LogP contribution in [-0.4, -0.2) is 17.4 Å². The lowest BCUT2D eigenvalue weighted by Gasteiger charge is -2.04. The molecule has 0 heterocycles. The number of hydrogen-bond donors (Lipinski definition) is 2. The van der Waals surface area contributed by atoms with E-state index in [9.17, 15) is 4.39 Å². The van der Waals surface area contributed by atoms with Crippen LogP contribution in [0.15, 0.2) is 22.7 Å². The van der Waals surface area contributed by atoms with E-state index in [1.807, 2.05) is 0 Å². The van der Waals surface area contributed by atoms with E-state index in [0.717, 1.165) is 6.07 Å². The molecule has 0 spiro atoms. The van der Waals surface area contributed by atoms with Crippen LogP contribution in [0.3, 0.4) is 0 Å². The summed E-state index contributed by atoms with van der Waals surface area (Å²) in [6, 6.07) is 3.86. The van der Waals surface area contributed by atoms with E-state index in [1.165, 1.54) is 12.1 Å². The third-order valence-electron chi connectivity index (χ3n) is 1.13. The van der Waals surface area contributed by atoms with Gasteiger partial charge in [0.05, 0.1) is 4.47 Å². The number of hydrogen-bond acceptors (Lipinski definition) is 3. The van der Waals surface area contributed by atoms with Gasteiger partial charge in [0.25, 0.3) is 0 Å². The standard InChI is InChI=1S/C6H5BBrFO3/c8-5-2-1-4(3-6(5)9)12-7(10)11/h1-3,10-11H. The SMILES string of the molecule is OB(O)Oc1ccc(Br)c(F)c1. The summed E-state index contributed by atoms with van der Waals surface area (Å²) in [7, 11) is -1.93. The maximum Gasteiger partial charge on any atom is 0.707 e. The van der Waals surface area contributed by atoms with Gasteiger partial charge in [0.2, 0.25) is 0 Å². The van der Waals surface area contributed by atoms with Crippen LogP contribution in [0.2, 0.25) is 0 Å². The lowest BCUT2D eigenvalue weighted by molar-refractivity contribution is 0.287. The Morgan fingerprint density at radius 1 is 1.42 bits per heavy atom. The van der Waals surface area contributed by atoms with Crippen LogP contribution < -0.4 is 4.65 Å². The van der Waals surface area contributed by atoms with Gasteiger partial charge >= 0.3 is 7.32 Å². The van der Waals surface area contributed by atoms with Crippen molar-refractivity contribution >= 4 is 23.3 Å². The molecule has 0 saturated carbocycles. The highest BCUT2D eigenvalue weighted by Crippen LogP contribution is 2.20. The Morgan fingerprint density at radius 3 is 2.58 bits per heavy atom. The van der Waals surface area contributed by atoms with Crippen molar-refractivity contribution in [2.24, 2.45) is 0 Å². The molecule has 1 aromatic rings. The van der Waals surface area contributed by atoms with Crippen molar-refractivity contribution in [3.05, 3.63) is 28.5 Å². The Labute approximate surface area is 77.1 Å². The first-order chi connectivity index (χ1) is 5.59. The van der Waals surface area contributed by atoms with Crippen LogP contribution in [0.1, 0.15) is 0 Å². The average Bonchev–Trinajstić information content (AvgIpc) is 1.96. The molecular formula is C6H5BBrFO3.